The van der Waals surface area contributed by atoms with E-state index < -0.39 is 11.4 Å². The Morgan fingerprint density at radius 1 is 1.19 bits per heavy atom. The highest BCUT2D eigenvalue weighted by Crippen LogP contribution is 2.40. The van der Waals surface area contributed by atoms with Crippen LogP contribution in [0.1, 0.15) is 71.3 Å². The summed E-state index contributed by atoms with van der Waals surface area (Å²) in [5.74, 6) is 0.729. The van der Waals surface area contributed by atoms with E-state index in [0.29, 0.717) is 23.9 Å². The lowest BCUT2D eigenvalue weighted by atomic mass is 9.78. The van der Waals surface area contributed by atoms with Gasteiger partial charge in [-0.3, -0.25) is 4.79 Å². The molecule has 0 saturated heterocycles. The summed E-state index contributed by atoms with van der Waals surface area (Å²) in [7, 11) is 0. The molecule has 0 radical (unpaired) electrons. The van der Waals surface area contributed by atoms with E-state index in [4.69, 9.17) is 0 Å². The number of aliphatic carboxylic acids is 1. The van der Waals surface area contributed by atoms with Crippen LogP contribution in [0.15, 0.2) is 35.9 Å². The van der Waals surface area contributed by atoms with Crippen LogP contribution in [-0.4, -0.2) is 23.2 Å². The molecule has 2 aliphatic carbocycles. The summed E-state index contributed by atoms with van der Waals surface area (Å²) < 4.78 is 0. The van der Waals surface area contributed by atoms with Gasteiger partial charge in [-0.15, -0.1) is 0 Å². The summed E-state index contributed by atoms with van der Waals surface area (Å²) in [5, 5.41) is 13.2. The fourth-order valence-corrected chi connectivity index (χ4v) is 4.39. The monoisotopic (exact) mass is 369 g/mol. The Balaban J connectivity index is 1.38. The molecule has 0 unspecified atom stereocenters. The molecule has 0 bridgehead atoms. The number of nitrogens with one attached hydrogen (secondary N) is 1. The van der Waals surface area contributed by atoms with Gasteiger partial charge >= 0.3 is 5.97 Å². The molecule has 2 aliphatic rings. The number of carboxylic acid groups (broad SMARTS) is 1. The van der Waals surface area contributed by atoms with Crippen molar-refractivity contribution < 1.29 is 9.90 Å². The first kappa shape index (κ1) is 20.1. The molecule has 0 aliphatic heterocycles. The van der Waals surface area contributed by atoms with E-state index in [2.05, 4.69) is 48.6 Å². The van der Waals surface area contributed by atoms with Crippen LogP contribution in [0.4, 0.5) is 0 Å². The Hall–Kier alpha value is -1.61. The van der Waals surface area contributed by atoms with E-state index in [0.717, 1.165) is 12.8 Å². The zero-order valence-corrected chi connectivity index (χ0v) is 17.1. The van der Waals surface area contributed by atoms with Crippen LogP contribution < -0.4 is 5.32 Å². The van der Waals surface area contributed by atoms with Crippen LogP contribution in [0, 0.1) is 17.3 Å². The predicted molar refractivity (Wildman–Crippen MR) is 112 cm³/mol. The lowest BCUT2D eigenvalue weighted by Gasteiger charge is -2.31. The zero-order chi connectivity index (χ0) is 19.4. The van der Waals surface area contributed by atoms with E-state index in [-0.39, 0.29) is 0 Å². The van der Waals surface area contributed by atoms with Gasteiger partial charge in [0.2, 0.25) is 0 Å². The van der Waals surface area contributed by atoms with Crippen molar-refractivity contribution in [2.75, 3.05) is 0 Å². The van der Waals surface area contributed by atoms with Crippen molar-refractivity contribution in [3.05, 3.63) is 41.5 Å². The third-order valence-corrected chi connectivity index (χ3v) is 6.62. The molecule has 0 heterocycles. The lowest BCUT2D eigenvalue weighted by molar-refractivity contribution is -0.147. The molecule has 3 heteroatoms. The van der Waals surface area contributed by atoms with Crippen molar-refractivity contribution in [3.8, 4) is 0 Å². The first-order valence-corrected chi connectivity index (χ1v) is 10.6. The second-order valence-corrected chi connectivity index (χ2v) is 9.36. The summed E-state index contributed by atoms with van der Waals surface area (Å²) in [6, 6.07) is 11.9. The maximum Gasteiger partial charge on any atom is 0.309 e. The van der Waals surface area contributed by atoms with Gasteiger partial charge in [0.15, 0.2) is 0 Å². The van der Waals surface area contributed by atoms with Gasteiger partial charge in [-0.1, -0.05) is 42.0 Å². The minimum absolute atomic E-state index is 0.584. The van der Waals surface area contributed by atoms with Crippen molar-refractivity contribution in [3.63, 3.8) is 0 Å². The van der Waals surface area contributed by atoms with Crippen molar-refractivity contribution >= 4 is 12.0 Å². The highest BCUT2D eigenvalue weighted by molar-refractivity contribution is 5.73. The number of hydrogen-bond acceptors (Lipinski definition) is 2. The Morgan fingerprint density at radius 3 is 2.48 bits per heavy atom. The van der Waals surface area contributed by atoms with Gasteiger partial charge in [-0.2, -0.15) is 0 Å². The molecule has 2 atom stereocenters. The minimum Gasteiger partial charge on any atom is -0.481 e. The van der Waals surface area contributed by atoms with Gasteiger partial charge in [0.1, 0.15) is 0 Å². The molecule has 2 fully saturated rings. The van der Waals surface area contributed by atoms with Crippen molar-refractivity contribution in [1.82, 2.24) is 5.32 Å². The summed E-state index contributed by atoms with van der Waals surface area (Å²) in [6.07, 6.45) is 10.4. The number of hydrogen-bond donors (Lipinski definition) is 2. The summed E-state index contributed by atoms with van der Waals surface area (Å²) >= 11 is 0. The maximum atomic E-state index is 11.3. The van der Waals surface area contributed by atoms with Gasteiger partial charge in [-0.05, 0) is 83.1 Å². The fourth-order valence-electron chi connectivity index (χ4n) is 4.39. The van der Waals surface area contributed by atoms with Crippen LogP contribution in [0.25, 0.3) is 6.08 Å². The molecule has 1 aromatic carbocycles. The summed E-state index contributed by atoms with van der Waals surface area (Å²) in [6.45, 7) is 5.96. The molecule has 2 saturated carbocycles. The van der Waals surface area contributed by atoms with Gasteiger partial charge < -0.3 is 10.4 Å². The summed E-state index contributed by atoms with van der Waals surface area (Å²) in [4.78, 5) is 11.3. The quantitative estimate of drug-likeness (QED) is 0.634. The fraction of sp³-hybridized carbons (Fsp3) is 0.625. The molecule has 3 nitrogen and oxygen atoms in total. The van der Waals surface area contributed by atoms with Crippen LogP contribution in [0.5, 0.6) is 0 Å². The SMILES string of the molecule is C/C(=C\c1ccccc1)[C@@H]1C[C@H]1NC1CCC(CCC(C)(C)C(=O)O)CC1. The van der Waals surface area contributed by atoms with Gasteiger partial charge in [0.05, 0.1) is 5.41 Å². The van der Waals surface area contributed by atoms with E-state index in [1.54, 1.807) is 0 Å². The average Bonchev–Trinajstić information content (AvgIpc) is 3.41. The number of rotatable bonds is 8. The molecule has 27 heavy (non-hydrogen) atoms. The normalized spacial score (nSPS) is 28.8. The second kappa shape index (κ2) is 8.60. The molecule has 0 spiro atoms. The first-order valence-electron chi connectivity index (χ1n) is 10.6. The molecule has 1 aromatic rings. The number of carbonyl (C=O) groups is 1. The highest BCUT2D eigenvalue weighted by atomic mass is 16.4. The van der Waals surface area contributed by atoms with Crippen LogP contribution >= 0.6 is 0 Å². The Bertz CT molecular complexity index is 656. The Labute approximate surface area is 164 Å². The average molecular weight is 370 g/mol. The molecule has 3 rings (SSSR count). The Morgan fingerprint density at radius 2 is 1.85 bits per heavy atom. The second-order valence-electron chi connectivity index (χ2n) is 9.36. The van der Waals surface area contributed by atoms with Crippen LogP contribution in [0.3, 0.4) is 0 Å². The molecular weight excluding hydrogens is 334 g/mol. The summed E-state index contributed by atoms with van der Waals surface area (Å²) in [5.41, 5.74) is 2.20. The van der Waals surface area contributed by atoms with E-state index in [1.165, 1.54) is 43.2 Å². The molecule has 148 valence electrons. The maximum absolute atomic E-state index is 11.3. The molecule has 2 N–H and O–H groups in total. The lowest BCUT2D eigenvalue weighted by Crippen LogP contribution is -2.35. The van der Waals surface area contributed by atoms with E-state index >= 15 is 0 Å². The number of carboxylic acids is 1. The molecule has 0 aromatic heterocycles. The van der Waals surface area contributed by atoms with Crippen LogP contribution in [-0.2, 0) is 4.79 Å². The predicted octanol–water partition coefficient (Wildman–Crippen LogP) is 5.52. The van der Waals surface area contributed by atoms with Gasteiger partial charge in [0, 0.05) is 12.1 Å². The van der Waals surface area contributed by atoms with Crippen LogP contribution in [0.2, 0.25) is 0 Å². The smallest absolute Gasteiger partial charge is 0.309 e. The highest BCUT2D eigenvalue weighted by Gasteiger charge is 2.39. The minimum atomic E-state index is -0.670. The Kier molecular flexibility index (Phi) is 6.41. The van der Waals surface area contributed by atoms with Crippen molar-refractivity contribution in [2.24, 2.45) is 17.3 Å². The molecule has 0 amide bonds. The largest absolute Gasteiger partial charge is 0.481 e. The third-order valence-electron chi connectivity index (χ3n) is 6.62. The van der Waals surface area contributed by atoms with Gasteiger partial charge in [-0.25, -0.2) is 0 Å². The molecular formula is C24H35NO2. The zero-order valence-electron chi connectivity index (χ0n) is 17.1. The van der Waals surface area contributed by atoms with E-state index in [9.17, 15) is 9.90 Å². The van der Waals surface area contributed by atoms with Gasteiger partial charge in [0.25, 0.3) is 0 Å². The van der Waals surface area contributed by atoms with Crippen molar-refractivity contribution in [2.45, 2.75) is 77.8 Å². The van der Waals surface area contributed by atoms with Crippen molar-refractivity contribution in [1.29, 1.82) is 0 Å². The topological polar surface area (TPSA) is 49.3 Å². The van der Waals surface area contributed by atoms with E-state index in [1.807, 2.05) is 13.8 Å². The third kappa shape index (κ3) is 5.68. The first-order chi connectivity index (χ1) is 12.8. The number of benzene rings is 1. The standard InChI is InChI=1S/C24H35NO2/c1-17(15-19-7-5-4-6-8-19)21-16-22(21)25-20-11-9-18(10-12-20)13-14-24(2,3)23(26)27/h4-8,15,18,20-22,25H,9-14,16H2,1-3H3,(H,26,27)/b17-15+/t18?,20?,21-,22+/m0/s1.